The normalized spacial score (nSPS) is 13.7. The lowest BCUT2D eigenvalue weighted by molar-refractivity contribution is -0.112. The summed E-state index contributed by atoms with van der Waals surface area (Å²) in [5.41, 5.74) is 5.26. The molecule has 17 heavy (non-hydrogen) atoms. The van der Waals surface area contributed by atoms with Crippen molar-refractivity contribution in [3.8, 4) is 17.6 Å². The van der Waals surface area contributed by atoms with E-state index in [1.165, 1.54) is 31.0 Å². The van der Waals surface area contributed by atoms with Crippen LogP contribution in [0.2, 0.25) is 0 Å². The van der Waals surface area contributed by atoms with Crippen LogP contribution in [0.15, 0.2) is 18.2 Å². The molecule has 0 radical (unpaired) electrons. The summed E-state index contributed by atoms with van der Waals surface area (Å²) in [4.78, 5) is 10.6. The third kappa shape index (κ3) is 3.49. The van der Waals surface area contributed by atoms with Crippen molar-refractivity contribution >= 4 is 5.91 Å². The van der Waals surface area contributed by atoms with Crippen LogP contribution < -0.4 is 10.5 Å². The summed E-state index contributed by atoms with van der Waals surface area (Å²) in [7, 11) is 0. The van der Waals surface area contributed by atoms with Gasteiger partial charge in [-0.25, -0.2) is 4.39 Å². The summed E-state index contributed by atoms with van der Waals surface area (Å²) in [5, 5.41) is 0. The molecule has 2 rings (SSSR count). The molecule has 0 spiro atoms. The van der Waals surface area contributed by atoms with Crippen LogP contribution >= 0.6 is 0 Å². The molecule has 2 N–H and O–H groups in total. The van der Waals surface area contributed by atoms with Gasteiger partial charge in [0.1, 0.15) is 11.6 Å². The van der Waals surface area contributed by atoms with E-state index in [1.807, 2.05) is 0 Å². The van der Waals surface area contributed by atoms with Gasteiger partial charge in [0.2, 0.25) is 0 Å². The fourth-order valence-electron chi connectivity index (χ4n) is 1.35. The Balaban J connectivity index is 2.17. The van der Waals surface area contributed by atoms with Crippen LogP contribution in [-0.2, 0) is 4.79 Å². The molecule has 88 valence electrons. The van der Waals surface area contributed by atoms with E-state index in [4.69, 9.17) is 10.5 Å². The molecule has 1 amide bonds. The van der Waals surface area contributed by atoms with Crippen molar-refractivity contribution in [3.05, 3.63) is 29.6 Å². The average molecular weight is 233 g/mol. The summed E-state index contributed by atoms with van der Waals surface area (Å²) in [5.74, 6) is 4.60. The minimum atomic E-state index is -0.748. The SMILES string of the molecule is NC(=O)C#Cc1cc(F)ccc1OCC1CC1. The zero-order valence-corrected chi connectivity index (χ0v) is 9.20. The summed E-state index contributed by atoms with van der Waals surface area (Å²) in [6.45, 7) is 0.608. The second-order valence-electron chi connectivity index (χ2n) is 4.01. The molecular formula is C13H12FNO2. The van der Waals surface area contributed by atoms with Gasteiger partial charge in [0, 0.05) is 5.92 Å². The highest BCUT2D eigenvalue weighted by molar-refractivity contribution is 5.92. The first-order valence-corrected chi connectivity index (χ1v) is 5.39. The molecule has 1 aliphatic rings. The molecule has 4 heteroatoms. The molecule has 1 saturated carbocycles. The molecule has 1 aliphatic carbocycles. The number of hydrogen-bond donors (Lipinski definition) is 1. The molecule has 3 nitrogen and oxygen atoms in total. The predicted molar refractivity (Wildman–Crippen MR) is 60.7 cm³/mol. The molecule has 0 heterocycles. The van der Waals surface area contributed by atoms with Crippen LogP contribution in [0.4, 0.5) is 4.39 Å². The van der Waals surface area contributed by atoms with E-state index in [0.717, 1.165) is 0 Å². The van der Waals surface area contributed by atoms with Gasteiger partial charge in [-0.05, 0) is 37.0 Å². The zero-order chi connectivity index (χ0) is 12.3. The first-order chi connectivity index (χ1) is 8.15. The van der Waals surface area contributed by atoms with Crippen LogP contribution in [0.5, 0.6) is 5.75 Å². The Hall–Kier alpha value is -2.02. The molecule has 1 aromatic rings. The minimum absolute atomic E-state index is 0.351. The Labute approximate surface area is 98.8 Å². The second-order valence-corrected chi connectivity index (χ2v) is 4.01. The number of primary amides is 1. The maximum Gasteiger partial charge on any atom is 0.293 e. The topological polar surface area (TPSA) is 52.3 Å². The summed E-state index contributed by atoms with van der Waals surface area (Å²) in [6, 6.07) is 4.05. The number of rotatable bonds is 3. The molecular weight excluding hydrogens is 221 g/mol. The fraction of sp³-hybridized carbons (Fsp3) is 0.308. The summed E-state index contributed by atoms with van der Waals surface area (Å²) >= 11 is 0. The van der Waals surface area contributed by atoms with Crippen molar-refractivity contribution in [3.63, 3.8) is 0 Å². The lowest BCUT2D eigenvalue weighted by Gasteiger charge is -2.07. The van der Waals surface area contributed by atoms with Gasteiger partial charge in [0.05, 0.1) is 12.2 Å². The van der Waals surface area contributed by atoms with Crippen LogP contribution in [-0.4, -0.2) is 12.5 Å². The predicted octanol–water partition coefficient (Wildman–Crippen LogP) is 1.45. The fourth-order valence-corrected chi connectivity index (χ4v) is 1.35. The van der Waals surface area contributed by atoms with Crippen molar-refractivity contribution in [1.82, 2.24) is 0 Å². The van der Waals surface area contributed by atoms with Gasteiger partial charge < -0.3 is 10.5 Å². The van der Waals surface area contributed by atoms with E-state index in [1.54, 1.807) is 0 Å². The van der Waals surface area contributed by atoms with Crippen molar-refractivity contribution in [1.29, 1.82) is 0 Å². The van der Waals surface area contributed by atoms with Gasteiger partial charge in [0.15, 0.2) is 0 Å². The highest BCUT2D eigenvalue weighted by atomic mass is 19.1. The van der Waals surface area contributed by atoms with E-state index in [0.29, 0.717) is 23.8 Å². The Morgan fingerprint density at radius 3 is 2.94 bits per heavy atom. The van der Waals surface area contributed by atoms with Crippen molar-refractivity contribution in [2.75, 3.05) is 6.61 Å². The molecule has 1 fully saturated rings. The number of amides is 1. The van der Waals surface area contributed by atoms with E-state index in [9.17, 15) is 9.18 Å². The Morgan fingerprint density at radius 1 is 1.53 bits per heavy atom. The van der Waals surface area contributed by atoms with Gasteiger partial charge in [-0.2, -0.15) is 0 Å². The van der Waals surface area contributed by atoms with Crippen LogP contribution in [0.1, 0.15) is 18.4 Å². The van der Waals surface area contributed by atoms with E-state index < -0.39 is 11.7 Å². The summed E-state index contributed by atoms with van der Waals surface area (Å²) < 4.78 is 18.6. The Bertz CT molecular complexity index is 498. The van der Waals surface area contributed by atoms with Gasteiger partial charge in [-0.3, -0.25) is 4.79 Å². The quantitative estimate of drug-likeness (QED) is 0.803. The van der Waals surface area contributed by atoms with Crippen LogP contribution in [0, 0.1) is 23.6 Å². The largest absolute Gasteiger partial charge is 0.492 e. The highest BCUT2D eigenvalue weighted by Crippen LogP contribution is 2.30. The maximum atomic E-state index is 13.0. The second kappa shape index (κ2) is 4.88. The number of hydrogen-bond acceptors (Lipinski definition) is 2. The third-order valence-electron chi connectivity index (χ3n) is 2.43. The maximum absolute atomic E-state index is 13.0. The van der Waals surface area contributed by atoms with Gasteiger partial charge in [0.25, 0.3) is 5.91 Å². The molecule has 1 aromatic carbocycles. The smallest absolute Gasteiger partial charge is 0.293 e. The van der Waals surface area contributed by atoms with E-state index in [-0.39, 0.29) is 0 Å². The number of carbonyl (C=O) groups is 1. The first kappa shape index (κ1) is 11.5. The number of carbonyl (C=O) groups excluding carboxylic acids is 1. The first-order valence-electron chi connectivity index (χ1n) is 5.39. The average Bonchev–Trinajstić information content (AvgIpc) is 3.09. The third-order valence-corrected chi connectivity index (χ3v) is 2.43. The standard InChI is InChI=1S/C13H12FNO2/c14-11-4-5-12(17-8-9-1-2-9)10(7-11)3-6-13(15)16/h4-5,7,9H,1-2,8H2,(H2,15,16). The van der Waals surface area contributed by atoms with Crippen molar-refractivity contribution in [2.45, 2.75) is 12.8 Å². The Kier molecular flexibility index (Phi) is 3.29. The monoisotopic (exact) mass is 233 g/mol. The van der Waals surface area contributed by atoms with Crippen molar-refractivity contribution < 1.29 is 13.9 Å². The van der Waals surface area contributed by atoms with E-state index >= 15 is 0 Å². The lowest BCUT2D eigenvalue weighted by atomic mass is 10.2. The molecule has 0 unspecified atom stereocenters. The number of halogens is 1. The number of ether oxygens (including phenoxy) is 1. The molecule has 0 bridgehead atoms. The minimum Gasteiger partial charge on any atom is -0.492 e. The van der Waals surface area contributed by atoms with E-state index in [2.05, 4.69) is 11.8 Å². The number of benzene rings is 1. The molecule has 0 atom stereocenters. The molecule has 0 aliphatic heterocycles. The molecule has 0 saturated heterocycles. The van der Waals surface area contributed by atoms with Gasteiger partial charge in [-0.15, -0.1) is 0 Å². The van der Waals surface area contributed by atoms with Gasteiger partial charge >= 0.3 is 0 Å². The Morgan fingerprint density at radius 2 is 2.29 bits per heavy atom. The van der Waals surface area contributed by atoms with Crippen LogP contribution in [0.3, 0.4) is 0 Å². The van der Waals surface area contributed by atoms with Gasteiger partial charge in [-0.1, -0.05) is 5.92 Å². The lowest BCUT2D eigenvalue weighted by Crippen LogP contribution is -2.06. The summed E-state index contributed by atoms with van der Waals surface area (Å²) in [6.07, 6.45) is 2.34. The zero-order valence-electron chi connectivity index (χ0n) is 9.20. The van der Waals surface area contributed by atoms with Crippen LogP contribution in [0.25, 0.3) is 0 Å². The molecule has 0 aromatic heterocycles. The highest BCUT2D eigenvalue weighted by Gasteiger charge is 2.22. The number of nitrogens with two attached hydrogens (primary N) is 1. The van der Waals surface area contributed by atoms with Crippen molar-refractivity contribution in [2.24, 2.45) is 11.7 Å².